The molecule has 0 saturated carbocycles. The second-order valence-electron chi connectivity index (χ2n) is 10.7. The maximum atomic E-state index is 14.5. The maximum absolute atomic E-state index is 14.5. The van der Waals surface area contributed by atoms with Crippen molar-refractivity contribution in [2.45, 2.75) is 31.0 Å². The number of halogens is 3. The monoisotopic (exact) mass is 741 g/mol. The minimum Gasteiger partial charge on any atom is -0.497 e. The van der Waals surface area contributed by atoms with Gasteiger partial charge in [0.1, 0.15) is 17.2 Å². The molecule has 0 bridgehead atoms. The summed E-state index contributed by atoms with van der Waals surface area (Å²) in [4.78, 5) is 19.5. The highest BCUT2D eigenvalue weighted by atomic mass is 79.9. The lowest BCUT2D eigenvalue weighted by molar-refractivity contribution is -0.130. The molecule has 1 heterocycles. The summed E-state index contributed by atoms with van der Waals surface area (Å²) in [7, 11) is 3.16. The Hall–Kier alpha value is -3.80. The highest BCUT2D eigenvalue weighted by molar-refractivity contribution is 9.10. The summed E-state index contributed by atoms with van der Waals surface area (Å²) in [5.41, 5.74) is 7.32. The Morgan fingerprint density at radius 2 is 1.72 bits per heavy atom. The van der Waals surface area contributed by atoms with Crippen LogP contribution in [0.25, 0.3) is 0 Å². The predicted octanol–water partition coefficient (Wildman–Crippen LogP) is 6.85. The Balaban J connectivity index is 1.52. The molecule has 4 aromatic rings. The van der Waals surface area contributed by atoms with E-state index in [-0.39, 0.29) is 25.5 Å². The first-order valence-electron chi connectivity index (χ1n) is 14.8. The second-order valence-corrected chi connectivity index (χ2v) is 12.5. The van der Waals surface area contributed by atoms with E-state index < -0.39 is 17.6 Å². The summed E-state index contributed by atoms with van der Waals surface area (Å²) in [6, 6.07) is 25.4. The van der Waals surface area contributed by atoms with Crippen molar-refractivity contribution in [3.63, 3.8) is 0 Å². The quantitative estimate of drug-likeness (QED) is 0.0958. The predicted molar refractivity (Wildman–Crippen MR) is 186 cm³/mol. The molecule has 3 N–H and O–H groups in total. The minimum atomic E-state index is -1.49. The molecule has 0 saturated heterocycles. The van der Waals surface area contributed by atoms with Crippen LogP contribution in [0.15, 0.2) is 94.4 Å². The number of amides is 1. The SMILES string of the molecule is COc1ccc(CNNC(=O)[C@@]2(Cc3ccc(Br)cc3)N=C(c3ccc(OCCCO)cc3)O[C@H]2c2ccc(Cl)cc2Cl)c(OC)c1. The fourth-order valence-electron chi connectivity index (χ4n) is 5.21. The molecule has 0 unspecified atom stereocenters. The van der Waals surface area contributed by atoms with Crippen LogP contribution in [-0.4, -0.2) is 49.9 Å². The number of nitrogens with zero attached hydrogens (tertiary/aromatic N) is 1. The van der Waals surface area contributed by atoms with Gasteiger partial charge in [-0.05, 0) is 60.2 Å². The molecule has 2 atom stereocenters. The fourth-order valence-corrected chi connectivity index (χ4v) is 5.98. The number of benzene rings is 4. The molecule has 0 spiro atoms. The molecule has 0 fully saturated rings. The van der Waals surface area contributed by atoms with Gasteiger partial charge in [-0.15, -0.1) is 0 Å². The van der Waals surface area contributed by atoms with Crippen molar-refractivity contribution in [1.82, 2.24) is 10.9 Å². The number of hydrogen-bond acceptors (Lipinski definition) is 8. The van der Waals surface area contributed by atoms with Gasteiger partial charge in [-0.3, -0.25) is 10.2 Å². The van der Waals surface area contributed by atoms with E-state index in [1.165, 1.54) is 0 Å². The lowest BCUT2D eigenvalue weighted by atomic mass is 9.82. The van der Waals surface area contributed by atoms with E-state index >= 15 is 0 Å². The molecule has 1 amide bonds. The topological polar surface area (TPSA) is 111 Å². The maximum Gasteiger partial charge on any atom is 0.266 e. The number of nitrogens with one attached hydrogen (secondary N) is 2. The molecule has 0 aliphatic carbocycles. The smallest absolute Gasteiger partial charge is 0.266 e. The summed E-state index contributed by atoms with van der Waals surface area (Å²) in [6.45, 7) is 0.688. The first-order valence-corrected chi connectivity index (χ1v) is 16.4. The van der Waals surface area contributed by atoms with Gasteiger partial charge < -0.3 is 24.1 Å². The van der Waals surface area contributed by atoms with E-state index in [9.17, 15) is 4.79 Å². The van der Waals surface area contributed by atoms with Gasteiger partial charge in [-0.2, -0.15) is 0 Å². The van der Waals surface area contributed by atoms with E-state index in [1.807, 2.05) is 48.5 Å². The van der Waals surface area contributed by atoms with Crippen LogP contribution >= 0.6 is 39.1 Å². The van der Waals surface area contributed by atoms with Gasteiger partial charge in [0, 0.05) is 63.3 Å². The number of aliphatic hydroxyl groups excluding tert-OH is 1. The lowest BCUT2D eigenvalue weighted by Crippen LogP contribution is -2.53. The molecule has 1 aliphatic rings. The Morgan fingerprint density at radius 3 is 2.40 bits per heavy atom. The van der Waals surface area contributed by atoms with Crippen LogP contribution in [0.2, 0.25) is 10.0 Å². The molecule has 246 valence electrons. The number of aliphatic hydroxyl groups is 1. The van der Waals surface area contributed by atoms with Crippen LogP contribution in [-0.2, 0) is 22.5 Å². The largest absolute Gasteiger partial charge is 0.497 e. The van der Waals surface area contributed by atoms with Gasteiger partial charge in [0.05, 0.1) is 20.8 Å². The van der Waals surface area contributed by atoms with Crippen molar-refractivity contribution in [2.75, 3.05) is 27.4 Å². The second kappa shape index (κ2) is 15.9. The summed E-state index contributed by atoms with van der Waals surface area (Å²) in [5, 5.41) is 9.87. The number of hydrazine groups is 1. The van der Waals surface area contributed by atoms with E-state index in [0.717, 1.165) is 15.6 Å². The number of carbonyl (C=O) groups is 1. The lowest BCUT2D eigenvalue weighted by Gasteiger charge is -2.31. The van der Waals surface area contributed by atoms with Crippen LogP contribution < -0.4 is 25.1 Å². The summed E-state index contributed by atoms with van der Waals surface area (Å²) < 4.78 is 24.0. The van der Waals surface area contributed by atoms with Crippen molar-refractivity contribution in [1.29, 1.82) is 0 Å². The van der Waals surface area contributed by atoms with E-state index in [4.69, 9.17) is 52.2 Å². The van der Waals surface area contributed by atoms with Gasteiger partial charge in [-0.25, -0.2) is 10.4 Å². The number of ether oxygens (including phenoxy) is 4. The van der Waals surface area contributed by atoms with Crippen LogP contribution in [0.1, 0.15) is 34.8 Å². The Kier molecular flexibility index (Phi) is 11.7. The molecule has 47 heavy (non-hydrogen) atoms. The Labute approximate surface area is 291 Å². The highest BCUT2D eigenvalue weighted by Crippen LogP contribution is 2.45. The van der Waals surface area contributed by atoms with Gasteiger partial charge in [0.15, 0.2) is 11.6 Å². The molecule has 0 radical (unpaired) electrons. The number of aliphatic imine (C=N–C) groups is 1. The van der Waals surface area contributed by atoms with Crippen LogP contribution in [0.3, 0.4) is 0 Å². The van der Waals surface area contributed by atoms with Crippen LogP contribution in [0.4, 0.5) is 0 Å². The van der Waals surface area contributed by atoms with Crippen molar-refractivity contribution in [3.05, 3.63) is 122 Å². The average Bonchev–Trinajstić information content (AvgIpc) is 3.46. The third-order valence-electron chi connectivity index (χ3n) is 7.64. The Morgan fingerprint density at radius 1 is 0.979 bits per heavy atom. The normalized spacial score (nSPS) is 17.1. The molecule has 4 aromatic carbocycles. The number of rotatable bonds is 14. The fraction of sp³-hybridized carbons (Fsp3) is 0.257. The molecular weight excluding hydrogens is 709 g/mol. The zero-order valence-corrected chi connectivity index (χ0v) is 28.9. The third-order valence-corrected chi connectivity index (χ3v) is 8.73. The van der Waals surface area contributed by atoms with Gasteiger partial charge in [-0.1, -0.05) is 63.4 Å². The van der Waals surface area contributed by atoms with Gasteiger partial charge in [0.25, 0.3) is 5.91 Å². The number of hydrogen-bond donors (Lipinski definition) is 3. The molecule has 9 nitrogen and oxygen atoms in total. The first-order chi connectivity index (χ1) is 22.8. The summed E-state index contributed by atoms with van der Waals surface area (Å²) >= 11 is 16.5. The van der Waals surface area contributed by atoms with Gasteiger partial charge >= 0.3 is 0 Å². The van der Waals surface area contributed by atoms with Crippen molar-refractivity contribution in [3.8, 4) is 17.2 Å². The molecule has 0 aromatic heterocycles. The molecule has 1 aliphatic heterocycles. The van der Waals surface area contributed by atoms with Crippen LogP contribution in [0, 0.1) is 0 Å². The van der Waals surface area contributed by atoms with Gasteiger partial charge in [0.2, 0.25) is 5.90 Å². The van der Waals surface area contributed by atoms with Crippen LogP contribution in [0.5, 0.6) is 17.2 Å². The summed E-state index contributed by atoms with van der Waals surface area (Å²) in [5.74, 6) is 1.74. The van der Waals surface area contributed by atoms with E-state index in [0.29, 0.717) is 51.4 Å². The van der Waals surface area contributed by atoms with E-state index in [1.54, 1.807) is 50.6 Å². The standard InChI is InChI=1S/C35H34BrCl2N3O6/c1-44-28-14-8-24(31(19-28)45-2)21-39-41-34(43)35(20-22-4-9-25(36)10-5-22)32(29-15-11-26(37)18-30(29)38)47-33(40-35)23-6-12-27(13-7-23)46-17-3-16-42/h4-15,18-19,32,39,42H,3,16-17,20-21H2,1-2H3,(H,41,43)/t32-,35-/m0/s1. The molecular formula is C35H34BrCl2N3O6. The minimum absolute atomic E-state index is 0.0440. The van der Waals surface area contributed by atoms with Crippen molar-refractivity contribution >= 4 is 50.9 Å². The van der Waals surface area contributed by atoms with E-state index in [2.05, 4.69) is 26.8 Å². The first kappa shape index (κ1) is 34.5. The molecule has 5 rings (SSSR count). The Bertz CT molecular complexity index is 1720. The number of methoxy groups -OCH3 is 2. The number of carbonyl (C=O) groups excluding carboxylic acids is 1. The zero-order valence-electron chi connectivity index (χ0n) is 25.8. The summed E-state index contributed by atoms with van der Waals surface area (Å²) in [6.07, 6.45) is -0.202. The van der Waals surface area contributed by atoms with Crippen molar-refractivity contribution in [2.24, 2.45) is 4.99 Å². The molecule has 12 heteroatoms. The third kappa shape index (κ3) is 8.20. The average molecular weight is 743 g/mol. The highest BCUT2D eigenvalue weighted by Gasteiger charge is 2.54. The zero-order chi connectivity index (χ0) is 33.4. The van der Waals surface area contributed by atoms with Crippen molar-refractivity contribution < 1.29 is 28.8 Å².